The Labute approximate surface area is 122 Å². The van der Waals surface area contributed by atoms with Crippen LogP contribution >= 0.6 is 43.5 Å². The predicted molar refractivity (Wildman–Crippen MR) is 77.4 cm³/mol. The lowest BCUT2D eigenvalue weighted by atomic mass is 10.0. The zero-order chi connectivity index (χ0) is 12.4. The molecule has 1 unspecified atom stereocenters. The molecule has 1 nitrogen and oxygen atoms in total. The summed E-state index contributed by atoms with van der Waals surface area (Å²) in [6, 6.07) is 13.0. The molecule has 88 valence electrons. The summed E-state index contributed by atoms with van der Waals surface area (Å²) in [5.74, 6) is 0. The molecule has 17 heavy (non-hydrogen) atoms. The van der Waals surface area contributed by atoms with Crippen molar-refractivity contribution < 1.29 is 5.11 Å². The van der Waals surface area contributed by atoms with Crippen LogP contribution in [0.25, 0.3) is 0 Å². The lowest BCUT2D eigenvalue weighted by Crippen LogP contribution is -2.00. The molecule has 4 heteroatoms. The summed E-state index contributed by atoms with van der Waals surface area (Å²) < 4.78 is 1.88. The van der Waals surface area contributed by atoms with Gasteiger partial charge < -0.3 is 5.11 Å². The van der Waals surface area contributed by atoms with Crippen LogP contribution in [0.5, 0.6) is 0 Å². The standard InChI is InChI=1S/C13H9Br2ClO/c14-9-3-1-8(2-4-9)13(17)11-7-10(15)5-6-12(11)16/h1-7,13,17H. The summed E-state index contributed by atoms with van der Waals surface area (Å²) in [5, 5.41) is 10.8. The molecule has 0 heterocycles. The predicted octanol–water partition coefficient (Wildman–Crippen LogP) is 4.95. The van der Waals surface area contributed by atoms with Crippen LogP contribution in [0.1, 0.15) is 17.2 Å². The van der Waals surface area contributed by atoms with Crippen molar-refractivity contribution in [3.8, 4) is 0 Å². The van der Waals surface area contributed by atoms with E-state index >= 15 is 0 Å². The van der Waals surface area contributed by atoms with Gasteiger partial charge in [-0.15, -0.1) is 0 Å². The third-order valence-corrected chi connectivity index (χ3v) is 3.80. The Morgan fingerprint density at radius 3 is 2.18 bits per heavy atom. The first-order chi connectivity index (χ1) is 8.08. The smallest absolute Gasteiger partial charge is 0.106 e. The Balaban J connectivity index is 2.39. The number of benzene rings is 2. The van der Waals surface area contributed by atoms with Crippen LogP contribution in [0.2, 0.25) is 5.02 Å². The number of aliphatic hydroxyl groups excluding tert-OH is 1. The first-order valence-corrected chi connectivity index (χ1v) is 6.93. The maximum atomic E-state index is 10.3. The second-order valence-corrected chi connectivity index (χ2v) is 5.86. The van der Waals surface area contributed by atoms with Crippen LogP contribution in [0.4, 0.5) is 0 Å². The van der Waals surface area contributed by atoms with Crippen molar-refractivity contribution in [2.45, 2.75) is 6.10 Å². The van der Waals surface area contributed by atoms with E-state index in [1.54, 1.807) is 6.07 Å². The largest absolute Gasteiger partial charge is 0.384 e. The first kappa shape index (κ1) is 13.1. The minimum atomic E-state index is -0.715. The summed E-state index contributed by atoms with van der Waals surface area (Å²) in [6.07, 6.45) is -0.715. The minimum absolute atomic E-state index is 0.559. The molecule has 0 saturated carbocycles. The molecule has 2 aromatic rings. The van der Waals surface area contributed by atoms with Gasteiger partial charge in [-0.05, 0) is 35.9 Å². The van der Waals surface area contributed by atoms with Gasteiger partial charge in [0.1, 0.15) is 6.10 Å². The van der Waals surface area contributed by atoms with Crippen molar-refractivity contribution in [1.29, 1.82) is 0 Å². The summed E-state index contributed by atoms with van der Waals surface area (Å²) in [4.78, 5) is 0. The van der Waals surface area contributed by atoms with Gasteiger partial charge in [0.05, 0.1) is 0 Å². The van der Waals surface area contributed by atoms with Gasteiger partial charge in [-0.1, -0.05) is 55.6 Å². The zero-order valence-electron chi connectivity index (χ0n) is 8.70. The molecule has 0 radical (unpaired) electrons. The van der Waals surface area contributed by atoms with E-state index in [9.17, 15) is 5.11 Å². The Morgan fingerprint density at radius 1 is 0.941 bits per heavy atom. The molecule has 0 spiro atoms. The molecule has 1 N–H and O–H groups in total. The summed E-state index contributed by atoms with van der Waals surface area (Å²) in [7, 11) is 0. The number of rotatable bonds is 2. The van der Waals surface area contributed by atoms with Crippen molar-refractivity contribution in [2.75, 3.05) is 0 Å². The Kier molecular flexibility index (Phi) is 4.26. The Morgan fingerprint density at radius 2 is 1.53 bits per heavy atom. The van der Waals surface area contributed by atoms with E-state index in [1.165, 1.54) is 0 Å². The van der Waals surface area contributed by atoms with E-state index in [0.29, 0.717) is 10.6 Å². The number of aliphatic hydroxyl groups is 1. The van der Waals surface area contributed by atoms with Gasteiger partial charge in [0.2, 0.25) is 0 Å². The maximum Gasteiger partial charge on any atom is 0.106 e. The second-order valence-electron chi connectivity index (χ2n) is 3.62. The third-order valence-electron chi connectivity index (χ3n) is 2.44. The summed E-state index contributed by atoms with van der Waals surface area (Å²) in [6.45, 7) is 0. The highest BCUT2D eigenvalue weighted by Gasteiger charge is 2.14. The second kappa shape index (κ2) is 5.53. The fourth-order valence-corrected chi connectivity index (χ4v) is 2.41. The molecule has 0 aliphatic carbocycles. The molecule has 0 aromatic heterocycles. The van der Waals surface area contributed by atoms with E-state index in [0.717, 1.165) is 14.5 Å². The summed E-state index contributed by atoms with van der Waals surface area (Å²) >= 11 is 12.8. The molecule has 1 atom stereocenters. The average molecular weight is 376 g/mol. The third kappa shape index (κ3) is 3.10. The van der Waals surface area contributed by atoms with Gasteiger partial charge in [0.15, 0.2) is 0 Å². The Hall–Kier alpha value is -0.350. The van der Waals surface area contributed by atoms with Gasteiger partial charge in [-0.25, -0.2) is 0 Å². The SMILES string of the molecule is OC(c1ccc(Br)cc1)c1cc(Br)ccc1Cl. The lowest BCUT2D eigenvalue weighted by molar-refractivity contribution is 0.220. The van der Waals surface area contributed by atoms with Crippen LogP contribution < -0.4 is 0 Å². The van der Waals surface area contributed by atoms with Crippen molar-refractivity contribution >= 4 is 43.5 Å². The zero-order valence-corrected chi connectivity index (χ0v) is 12.6. The van der Waals surface area contributed by atoms with E-state index in [1.807, 2.05) is 36.4 Å². The van der Waals surface area contributed by atoms with Gasteiger partial charge in [-0.2, -0.15) is 0 Å². The van der Waals surface area contributed by atoms with Crippen molar-refractivity contribution in [3.05, 3.63) is 67.6 Å². The van der Waals surface area contributed by atoms with Crippen LogP contribution in [0.3, 0.4) is 0 Å². The van der Waals surface area contributed by atoms with Crippen LogP contribution in [-0.2, 0) is 0 Å². The number of hydrogen-bond acceptors (Lipinski definition) is 1. The molecule has 0 saturated heterocycles. The topological polar surface area (TPSA) is 20.2 Å². The fourth-order valence-electron chi connectivity index (χ4n) is 1.55. The number of hydrogen-bond donors (Lipinski definition) is 1. The molecular formula is C13H9Br2ClO. The van der Waals surface area contributed by atoms with Crippen LogP contribution in [0, 0.1) is 0 Å². The van der Waals surface area contributed by atoms with E-state index in [4.69, 9.17) is 11.6 Å². The van der Waals surface area contributed by atoms with Crippen molar-refractivity contribution in [1.82, 2.24) is 0 Å². The molecule has 0 amide bonds. The molecule has 2 aromatic carbocycles. The fraction of sp³-hybridized carbons (Fsp3) is 0.0769. The minimum Gasteiger partial charge on any atom is -0.384 e. The van der Waals surface area contributed by atoms with E-state index in [-0.39, 0.29) is 0 Å². The monoisotopic (exact) mass is 374 g/mol. The van der Waals surface area contributed by atoms with E-state index < -0.39 is 6.10 Å². The first-order valence-electron chi connectivity index (χ1n) is 4.96. The van der Waals surface area contributed by atoms with Gasteiger partial charge >= 0.3 is 0 Å². The molecule has 0 aliphatic heterocycles. The highest BCUT2D eigenvalue weighted by atomic mass is 79.9. The lowest BCUT2D eigenvalue weighted by Gasteiger charge is -2.13. The Bertz CT molecular complexity index is 525. The molecule has 0 bridgehead atoms. The average Bonchev–Trinajstić information content (AvgIpc) is 2.32. The normalized spacial score (nSPS) is 12.5. The molecule has 0 aliphatic rings. The van der Waals surface area contributed by atoms with Gasteiger partial charge in [0.25, 0.3) is 0 Å². The quantitative estimate of drug-likeness (QED) is 0.787. The van der Waals surface area contributed by atoms with Crippen molar-refractivity contribution in [3.63, 3.8) is 0 Å². The van der Waals surface area contributed by atoms with E-state index in [2.05, 4.69) is 31.9 Å². The van der Waals surface area contributed by atoms with Gasteiger partial charge in [-0.3, -0.25) is 0 Å². The molecule has 0 fully saturated rings. The number of halogens is 3. The molecular weight excluding hydrogens is 367 g/mol. The maximum absolute atomic E-state index is 10.3. The molecule has 2 rings (SSSR count). The summed E-state index contributed by atoms with van der Waals surface area (Å²) in [5.41, 5.74) is 1.51. The highest BCUT2D eigenvalue weighted by molar-refractivity contribution is 9.10. The van der Waals surface area contributed by atoms with Gasteiger partial charge in [0, 0.05) is 19.5 Å². The highest BCUT2D eigenvalue weighted by Crippen LogP contribution is 2.31. The van der Waals surface area contributed by atoms with Crippen LogP contribution in [0.15, 0.2) is 51.4 Å². The van der Waals surface area contributed by atoms with Crippen molar-refractivity contribution in [2.24, 2.45) is 0 Å². The van der Waals surface area contributed by atoms with Crippen LogP contribution in [-0.4, -0.2) is 5.11 Å².